The van der Waals surface area contributed by atoms with E-state index in [-0.39, 0.29) is 11.9 Å². The molecule has 0 radical (unpaired) electrons. The molecule has 1 atom stereocenters. The third-order valence-corrected chi connectivity index (χ3v) is 2.11. The SMILES string of the molecule is COC(=O)[C@H](C)CNCc1cccnc1. The van der Waals surface area contributed by atoms with E-state index in [1.807, 2.05) is 19.1 Å². The van der Waals surface area contributed by atoms with Crippen LogP contribution in [0.4, 0.5) is 0 Å². The minimum absolute atomic E-state index is 0.119. The maximum atomic E-state index is 11.1. The van der Waals surface area contributed by atoms with Crippen LogP contribution in [0.2, 0.25) is 0 Å². The summed E-state index contributed by atoms with van der Waals surface area (Å²) in [6.45, 7) is 3.17. The van der Waals surface area contributed by atoms with E-state index in [4.69, 9.17) is 0 Å². The highest BCUT2D eigenvalue weighted by Crippen LogP contribution is 1.98. The zero-order valence-corrected chi connectivity index (χ0v) is 9.06. The van der Waals surface area contributed by atoms with Crippen LogP contribution in [0.1, 0.15) is 12.5 Å². The summed E-state index contributed by atoms with van der Waals surface area (Å²) in [6, 6.07) is 3.88. The highest BCUT2D eigenvalue weighted by Gasteiger charge is 2.11. The van der Waals surface area contributed by atoms with Crippen LogP contribution in [0, 0.1) is 5.92 Å². The molecule has 0 saturated heterocycles. The van der Waals surface area contributed by atoms with Crippen LogP contribution >= 0.6 is 0 Å². The standard InChI is InChI=1S/C11H16N2O2/c1-9(11(14)15-2)6-13-8-10-4-3-5-12-7-10/h3-5,7,9,13H,6,8H2,1-2H3/t9-/m1/s1. The van der Waals surface area contributed by atoms with Gasteiger partial charge >= 0.3 is 5.97 Å². The highest BCUT2D eigenvalue weighted by molar-refractivity contribution is 5.71. The zero-order chi connectivity index (χ0) is 11.1. The lowest BCUT2D eigenvalue weighted by Crippen LogP contribution is -2.26. The van der Waals surface area contributed by atoms with Gasteiger partial charge in [0.25, 0.3) is 0 Å². The van der Waals surface area contributed by atoms with Crippen LogP contribution in [0.25, 0.3) is 0 Å². The van der Waals surface area contributed by atoms with Crippen LogP contribution in [-0.2, 0) is 16.1 Å². The van der Waals surface area contributed by atoms with Gasteiger partial charge in [0, 0.05) is 25.5 Å². The first-order valence-corrected chi connectivity index (χ1v) is 4.91. The molecule has 82 valence electrons. The third-order valence-electron chi connectivity index (χ3n) is 2.11. The third kappa shape index (κ3) is 4.08. The number of ether oxygens (including phenoxy) is 1. The van der Waals surface area contributed by atoms with E-state index in [2.05, 4.69) is 15.0 Å². The molecule has 0 bridgehead atoms. The van der Waals surface area contributed by atoms with Crippen molar-refractivity contribution in [3.63, 3.8) is 0 Å². The van der Waals surface area contributed by atoms with Gasteiger partial charge in [-0.1, -0.05) is 13.0 Å². The quantitative estimate of drug-likeness (QED) is 0.733. The maximum Gasteiger partial charge on any atom is 0.309 e. The zero-order valence-electron chi connectivity index (χ0n) is 9.06. The smallest absolute Gasteiger partial charge is 0.309 e. The van der Waals surface area contributed by atoms with E-state index in [9.17, 15) is 4.79 Å². The van der Waals surface area contributed by atoms with Gasteiger partial charge in [-0.05, 0) is 11.6 Å². The Kier molecular flexibility index (Phi) is 4.77. The van der Waals surface area contributed by atoms with Crippen LogP contribution in [0.5, 0.6) is 0 Å². The van der Waals surface area contributed by atoms with Crippen LogP contribution in [0.15, 0.2) is 24.5 Å². The minimum atomic E-state index is -0.186. The van der Waals surface area contributed by atoms with Gasteiger partial charge in [0.05, 0.1) is 13.0 Å². The topological polar surface area (TPSA) is 51.2 Å². The Balaban J connectivity index is 2.25. The second-order valence-corrected chi connectivity index (χ2v) is 3.42. The lowest BCUT2D eigenvalue weighted by atomic mass is 10.2. The summed E-state index contributed by atoms with van der Waals surface area (Å²) in [6.07, 6.45) is 3.54. The molecule has 1 aromatic rings. The van der Waals surface area contributed by atoms with Gasteiger partial charge in [-0.2, -0.15) is 0 Å². The number of nitrogens with one attached hydrogen (secondary N) is 1. The summed E-state index contributed by atoms with van der Waals surface area (Å²) in [7, 11) is 1.40. The average Bonchev–Trinajstić information content (AvgIpc) is 2.29. The lowest BCUT2D eigenvalue weighted by Gasteiger charge is -2.09. The minimum Gasteiger partial charge on any atom is -0.469 e. The number of rotatable bonds is 5. The predicted octanol–water partition coefficient (Wildman–Crippen LogP) is 0.980. The largest absolute Gasteiger partial charge is 0.469 e. The Labute approximate surface area is 89.7 Å². The molecule has 0 aliphatic heterocycles. The van der Waals surface area contributed by atoms with Crippen LogP contribution in [0.3, 0.4) is 0 Å². The highest BCUT2D eigenvalue weighted by atomic mass is 16.5. The van der Waals surface area contributed by atoms with E-state index in [1.165, 1.54) is 7.11 Å². The normalized spacial score (nSPS) is 12.1. The molecule has 0 unspecified atom stereocenters. The number of methoxy groups -OCH3 is 1. The summed E-state index contributed by atoms with van der Waals surface area (Å²) in [5.41, 5.74) is 1.11. The van der Waals surface area contributed by atoms with Crippen LogP contribution < -0.4 is 5.32 Å². The Bertz CT molecular complexity index is 301. The molecule has 1 heterocycles. The molecule has 0 spiro atoms. The molecule has 0 fully saturated rings. The summed E-state index contributed by atoms with van der Waals surface area (Å²) in [5, 5.41) is 3.18. The molecule has 0 saturated carbocycles. The van der Waals surface area contributed by atoms with E-state index in [0.717, 1.165) is 12.1 Å². The molecular weight excluding hydrogens is 192 g/mol. The fourth-order valence-corrected chi connectivity index (χ4v) is 1.22. The van der Waals surface area contributed by atoms with Crippen molar-refractivity contribution in [3.8, 4) is 0 Å². The molecule has 4 heteroatoms. The van der Waals surface area contributed by atoms with Crippen molar-refractivity contribution in [2.24, 2.45) is 5.92 Å². The number of nitrogens with zero attached hydrogens (tertiary/aromatic N) is 1. The summed E-state index contributed by atoms with van der Waals surface area (Å²) in [4.78, 5) is 15.1. The van der Waals surface area contributed by atoms with Crippen molar-refractivity contribution in [2.45, 2.75) is 13.5 Å². The van der Waals surface area contributed by atoms with E-state index in [0.29, 0.717) is 6.54 Å². The first-order valence-electron chi connectivity index (χ1n) is 4.91. The number of hydrogen-bond donors (Lipinski definition) is 1. The summed E-state index contributed by atoms with van der Waals surface area (Å²) >= 11 is 0. The van der Waals surface area contributed by atoms with Crippen molar-refractivity contribution in [3.05, 3.63) is 30.1 Å². The Morgan fingerprint density at radius 1 is 1.67 bits per heavy atom. The van der Waals surface area contributed by atoms with Gasteiger partial charge in [-0.15, -0.1) is 0 Å². The van der Waals surface area contributed by atoms with Crippen LogP contribution in [-0.4, -0.2) is 24.6 Å². The molecule has 0 aromatic carbocycles. The molecule has 1 rings (SSSR count). The van der Waals surface area contributed by atoms with Gasteiger partial charge < -0.3 is 10.1 Å². The summed E-state index contributed by atoms with van der Waals surface area (Å²) in [5.74, 6) is -0.305. The monoisotopic (exact) mass is 208 g/mol. The van der Waals surface area contributed by atoms with Crippen molar-refractivity contribution in [2.75, 3.05) is 13.7 Å². The van der Waals surface area contributed by atoms with Gasteiger partial charge in [-0.3, -0.25) is 9.78 Å². The van der Waals surface area contributed by atoms with Gasteiger partial charge in [0.1, 0.15) is 0 Å². The fourth-order valence-electron chi connectivity index (χ4n) is 1.22. The molecule has 0 aliphatic rings. The maximum absolute atomic E-state index is 11.1. The van der Waals surface area contributed by atoms with E-state index in [1.54, 1.807) is 12.4 Å². The number of pyridine rings is 1. The van der Waals surface area contributed by atoms with Crippen molar-refractivity contribution in [1.82, 2.24) is 10.3 Å². The average molecular weight is 208 g/mol. The Hall–Kier alpha value is -1.42. The number of esters is 1. The Morgan fingerprint density at radius 2 is 2.47 bits per heavy atom. The van der Waals surface area contributed by atoms with Crippen molar-refractivity contribution < 1.29 is 9.53 Å². The van der Waals surface area contributed by atoms with E-state index < -0.39 is 0 Å². The van der Waals surface area contributed by atoms with Gasteiger partial charge in [0.2, 0.25) is 0 Å². The molecule has 4 nitrogen and oxygen atoms in total. The molecular formula is C11H16N2O2. The Morgan fingerprint density at radius 3 is 3.07 bits per heavy atom. The first-order chi connectivity index (χ1) is 7.24. The molecule has 15 heavy (non-hydrogen) atoms. The first kappa shape index (κ1) is 11.7. The van der Waals surface area contributed by atoms with Gasteiger partial charge in [-0.25, -0.2) is 0 Å². The molecule has 0 amide bonds. The predicted molar refractivity (Wildman–Crippen MR) is 57.1 cm³/mol. The van der Waals surface area contributed by atoms with Crippen molar-refractivity contribution in [1.29, 1.82) is 0 Å². The second-order valence-electron chi connectivity index (χ2n) is 3.42. The number of carbonyl (C=O) groups is 1. The summed E-state index contributed by atoms with van der Waals surface area (Å²) < 4.78 is 4.62. The van der Waals surface area contributed by atoms with Crippen molar-refractivity contribution >= 4 is 5.97 Å². The number of carbonyl (C=O) groups excluding carboxylic acids is 1. The number of hydrogen-bond acceptors (Lipinski definition) is 4. The second kappa shape index (κ2) is 6.14. The van der Waals surface area contributed by atoms with Gasteiger partial charge in [0.15, 0.2) is 0 Å². The molecule has 1 N–H and O–H groups in total. The molecule has 1 aromatic heterocycles. The molecule has 0 aliphatic carbocycles. The fraction of sp³-hybridized carbons (Fsp3) is 0.455. The number of aromatic nitrogens is 1. The van der Waals surface area contributed by atoms with E-state index >= 15 is 0 Å². The lowest BCUT2D eigenvalue weighted by molar-refractivity contribution is -0.144.